The Balaban J connectivity index is 1.87. The molecule has 102 valence electrons. The van der Waals surface area contributed by atoms with Crippen LogP contribution in [0.3, 0.4) is 0 Å². The van der Waals surface area contributed by atoms with Gasteiger partial charge in [-0.1, -0.05) is 25.0 Å². The molecule has 3 N–H and O–H groups in total. The molecule has 0 heterocycles. The average molecular weight is 264 g/mol. The maximum atomic E-state index is 12.7. The summed E-state index contributed by atoms with van der Waals surface area (Å²) in [6, 6.07) is 5.11. The van der Waals surface area contributed by atoms with Gasteiger partial charge >= 0.3 is 0 Å². The number of hydrogen-bond acceptors (Lipinski definition) is 2. The van der Waals surface area contributed by atoms with Crippen LogP contribution in [0, 0.1) is 11.7 Å². The van der Waals surface area contributed by atoms with Gasteiger partial charge in [-0.25, -0.2) is 4.39 Å². The van der Waals surface area contributed by atoms with Crippen LogP contribution >= 0.6 is 0 Å². The van der Waals surface area contributed by atoms with Crippen LogP contribution in [0.5, 0.6) is 0 Å². The average Bonchev–Trinajstić information content (AvgIpc) is 3.15. The molecule has 1 aliphatic rings. The Morgan fingerprint density at radius 1 is 1.32 bits per heavy atom. The van der Waals surface area contributed by atoms with Crippen LogP contribution in [0.4, 0.5) is 4.39 Å². The van der Waals surface area contributed by atoms with Gasteiger partial charge in [0.05, 0.1) is 6.42 Å². The number of nitrogens with two attached hydrogens (primary N) is 1. The third-order valence-electron chi connectivity index (χ3n) is 3.22. The normalized spacial score (nSPS) is 15.8. The third kappa shape index (κ3) is 4.35. The zero-order valence-electron chi connectivity index (χ0n) is 10.6. The Kier molecular flexibility index (Phi) is 4.14. The van der Waals surface area contributed by atoms with Gasteiger partial charge in [-0.2, -0.15) is 0 Å². The van der Waals surface area contributed by atoms with Crippen molar-refractivity contribution in [3.05, 3.63) is 35.6 Å². The Morgan fingerprint density at radius 2 is 1.95 bits per heavy atom. The van der Waals surface area contributed by atoms with Crippen molar-refractivity contribution in [2.75, 3.05) is 0 Å². The Morgan fingerprint density at radius 3 is 2.47 bits per heavy atom. The van der Waals surface area contributed by atoms with E-state index in [2.05, 4.69) is 5.32 Å². The first-order valence-corrected chi connectivity index (χ1v) is 6.37. The van der Waals surface area contributed by atoms with Crippen molar-refractivity contribution >= 4 is 11.8 Å². The number of halogens is 1. The molecule has 5 heteroatoms. The number of benzene rings is 1. The second-order valence-electron chi connectivity index (χ2n) is 5.00. The summed E-state index contributed by atoms with van der Waals surface area (Å²) in [5.74, 6) is -0.605. The molecule has 1 saturated carbocycles. The van der Waals surface area contributed by atoms with Gasteiger partial charge in [0.2, 0.25) is 11.8 Å². The molecular weight excluding hydrogens is 247 g/mol. The molecule has 19 heavy (non-hydrogen) atoms. The van der Waals surface area contributed by atoms with Crippen LogP contribution in [0.25, 0.3) is 0 Å². The fourth-order valence-electron chi connectivity index (χ4n) is 1.97. The van der Waals surface area contributed by atoms with E-state index in [1.54, 1.807) is 12.1 Å². The maximum Gasteiger partial charge on any atom is 0.240 e. The van der Waals surface area contributed by atoms with E-state index in [1.807, 2.05) is 0 Å². The molecule has 0 spiro atoms. The predicted molar refractivity (Wildman–Crippen MR) is 68.6 cm³/mol. The van der Waals surface area contributed by atoms with E-state index >= 15 is 0 Å². The highest BCUT2D eigenvalue weighted by Gasteiger charge is 2.29. The van der Waals surface area contributed by atoms with Crippen molar-refractivity contribution in [1.82, 2.24) is 5.32 Å². The van der Waals surface area contributed by atoms with Crippen molar-refractivity contribution in [2.45, 2.75) is 31.7 Å². The molecule has 2 amide bonds. The lowest BCUT2D eigenvalue weighted by Crippen LogP contribution is -2.45. The Labute approximate surface area is 111 Å². The number of nitrogens with one attached hydrogen (secondary N) is 1. The monoisotopic (exact) mass is 264 g/mol. The molecule has 4 nitrogen and oxygen atoms in total. The number of carbonyl (C=O) groups is 2. The van der Waals surface area contributed by atoms with Crippen LogP contribution in [-0.4, -0.2) is 17.9 Å². The van der Waals surface area contributed by atoms with Crippen molar-refractivity contribution in [1.29, 1.82) is 0 Å². The van der Waals surface area contributed by atoms with Crippen LogP contribution in [0.2, 0.25) is 0 Å². The van der Waals surface area contributed by atoms with E-state index in [-0.39, 0.29) is 18.1 Å². The smallest absolute Gasteiger partial charge is 0.240 e. The van der Waals surface area contributed by atoms with E-state index in [1.165, 1.54) is 12.1 Å². The zero-order chi connectivity index (χ0) is 13.8. The van der Waals surface area contributed by atoms with Gasteiger partial charge in [-0.3, -0.25) is 9.59 Å². The fraction of sp³-hybridized carbons (Fsp3) is 0.429. The first-order chi connectivity index (χ1) is 9.04. The summed E-state index contributed by atoms with van der Waals surface area (Å²) in [4.78, 5) is 23.1. The molecule has 0 unspecified atom stereocenters. The molecule has 1 aliphatic carbocycles. The highest BCUT2D eigenvalue weighted by molar-refractivity contribution is 5.87. The fourth-order valence-corrected chi connectivity index (χ4v) is 1.97. The minimum Gasteiger partial charge on any atom is -0.368 e. The standard InChI is InChI=1S/C14H17FN2O2/c15-11-5-3-10(4-6-11)8-13(18)17-12(14(16)19)7-9-1-2-9/h3-6,9,12H,1-2,7-8H2,(H2,16,19)(H,17,18)/t12-/m0/s1. The summed E-state index contributed by atoms with van der Waals surface area (Å²) in [5, 5.41) is 2.64. The molecule has 1 atom stereocenters. The highest BCUT2D eigenvalue weighted by Crippen LogP contribution is 2.33. The van der Waals surface area contributed by atoms with Gasteiger partial charge in [0.15, 0.2) is 0 Å². The highest BCUT2D eigenvalue weighted by atomic mass is 19.1. The predicted octanol–water partition coefficient (Wildman–Crippen LogP) is 1.14. The summed E-state index contributed by atoms with van der Waals surface area (Å²) in [6.07, 6.45) is 2.93. The first-order valence-electron chi connectivity index (χ1n) is 6.37. The molecule has 2 rings (SSSR count). The van der Waals surface area contributed by atoms with E-state index in [4.69, 9.17) is 5.73 Å². The van der Waals surface area contributed by atoms with Crippen molar-refractivity contribution in [3.63, 3.8) is 0 Å². The van der Waals surface area contributed by atoms with Gasteiger partial charge in [0.25, 0.3) is 0 Å². The quantitative estimate of drug-likeness (QED) is 0.808. The van der Waals surface area contributed by atoms with Gasteiger partial charge < -0.3 is 11.1 Å². The first kappa shape index (κ1) is 13.5. The van der Waals surface area contributed by atoms with E-state index in [0.29, 0.717) is 17.9 Å². The maximum absolute atomic E-state index is 12.7. The number of carbonyl (C=O) groups excluding carboxylic acids is 2. The largest absolute Gasteiger partial charge is 0.368 e. The molecule has 1 aromatic rings. The topological polar surface area (TPSA) is 72.2 Å². The van der Waals surface area contributed by atoms with E-state index in [0.717, 1.165) is 12.8 Å². The Bertz CT molecular complexity index is 469. The second kappa shape index (κ2) is 5.82. The lowest BCUT2D eigenvalue weighted by Gasteiger charge is -2.15. The van der Waals surface area contributed by atoms with Crippen LogP contribution in [0.15, 0.2) is 24.3 Å². The third-order valence-corrected chi connectivity index (χ3v) is 3.22. The van der Waals surface area contributed by atoms with Crippen LogP contribution in [0.1, 0.15) is 24.8 Å². The summed E-state index contributed by atoms with van der Waals surface area (Å²) < 4.78 is 12.7. The Hall–Kier alpha value is -1.91. The molecule has 0 aliphatic heterocycles. The molecule has 1 fully saturated rings. The van der Waals surface area contributed by atoms with Gasteiger partial charge in [0, 0.05) is 0 Å². The van der Waals surface area contributed by atoms with Crippen molar-refractivity contribution in [3.8, 4) is 0 Å². The van der Waals surface area contributed by atoms with E-state index < -0.39 is 11.9 Å². The summed E-state index contributed by atoms with van der Waals surface area (Å²) >= 11 is 0. The van der Waals surface area contributed by atoms with E-state index in [9.17, 15) is 14.0 Å². The van der Waals surface area contributed by atoms with Gasteiger partial charge in [-0.15, -0.1) is 0 Å². The number of hydrogen-bond donors (Lipinski definition) is 2. The number of rotatable bonds is 6. The lowest BCUT2D eigenvalue weighted by atomic mass is 10.1. The zero-order valence-corrected chi connectivity index (χ0v) is 10.6. The minimum absolute atomic E-state index is 0.120. The minimum atomic E-state index is -0.597. The summed E-state index contributed by atoms with van der Waals surface area (Å²) in [7, 11) is 0. The lowest BCUT2D eigenvalue weighted by molar-refractivity contribution is -0.127. The second-order valence-corrected chi connectivity index (χ2v) is 5.00. The molecule has 0 radical (unpaired) electrons. The summed E-state index contributed by atoms with van der Waals surface area (Å²) in [5.41, 5.74) is 5.97. The SMILES string of the molecule is NC(=O)[C@H](CC1CC1)NC(=O)Cc1ccc(F)cc1. The molecular formula is C14H17FN2O2. The van der Waals surface area contributed by atoms with Crippen molar-refractivity contribution < 1.29 is 14.0 Å². The van der Waals surface area contributed by atoms with Crippen LogP contribution < -0.4 is 11.1 Å². The number of amides is 2. The van der Waals surface area contributed by atoms with Gasteiger partial charge in [-0.05, 0) is 30.0 Å². The molecule has 0 bridgehead atoms. The van der Waals surface area contributed by atoms with Crippen molar-refractivity contribution in [2.24, 2.45) is 11.7 Å². The molecule has 0 saturated heterocycles. The number of primary amides is 1. The van der Waals surface area contributed by atoms with Gasteiger partial charge in [0.1, 0.15) is 11.9 Å². The van der Waals surface area contributed by atoms with Crippen LogP contribution in [-0.2, 0) is 16.0 Å². The molecule has 1 aromatic carbocycles. The summed E-state index contributed by atoms with van der Waals surface area (Å²) in [6.45, 7) is 0. The molecule has 0 aromatic heterocycles.